The van der Waals surface area contributed by atoms with Gasteiger partial charge in [0.05, 0.1) is 12.3 Å². The smallest absolute Gasteiger partial charge is 0.326 e. The Labute approximate surface area is 101 Å². The number of hydrogen-bond donors (Lipinski definition) is 3. The van der Waals surface area contributed by atoms with Crippen LogP contribution in [0.1, 0.15) is 16.9 Å². The summed E-state index contributed by atoms with van der Waals surface area (Å²) in [4.78, 5) is 40.7. The van der Waals surface area contributed by atoms with Crippen LogP contribution in [-0.4, -0.2) is 55.6 Å². The molecular weight excluding hydrogens is 242 g/mol. The number of carbonyl (C=O) groups is 2. The van der Waals surface area contributed by atoms with E-state index in [1.165, 1.54) is 0 Å². The molecule has 0 unspecified atom stereocenters. The van der Waals surface area contributed by atoms with E-state index in [0.29, 0.717) is 0 Å². The van der Waals surface area contributed by atoms with Crippen LogP contribution in [0, 0.1) is 0 Å². The lowest BCUT2D eigenvalue weighted by Crippen LogP contribution is -2.41. The summed E-state index contributed by atoms with van der Waals surface area (Å²) in [6, 6.07) is -1.07. The van der Waals surface area contributed by atoms with Gasteiger partial charge >= 0.3 is 5.97 Å². The maximum atomic E-state index is 12.0. The van der Waals surface area contributed by atoms with Crippen LogP contribution in [0.4, 0.5) is 0 Å². The maximum absolute atomic E-state index is 12.0. The molecule has 1 aromatic rings. The zero-order valence-electron chi connectivity index (χ0n) is 9.24. The highest BCUT2D eigenvalue weighted by Crippen LogP contribution is 2.19. The van der Waals surface area contributed by atoms with Gasteiger partial charge in [-0.1, -0.05) is 0 Å². The average Bonchev–Trinajstić information content (AvgIpc) is 2.71. The van der Waals surface area contributed by atoms with Gasteiger partial charge in [0.2, 0.25) is 0 Å². The number of carboxylic acids is 1. The summed E-state index contributed by atoms with van der Waals surface area (Å²) in [5, 5.41) is 18.4. The van der Waals surface area contributed by atoms with Crippen molar-refractivity contribution in [3.63, 3.8) is 0 Å². The van der Waals surface area contributed by atoms with Crippen molar-refractivity contribution in [1.29, 1.82) is 0 Å². The van der Waals surface area contributed by atoms with Crippen LogP contribution in [0.2, 0.25) is 0 Å². The number of rotatable bonds is 2. The molecule has 1 aliphatic rings. The highest BCUT2D eigenvalue weighted by Gasteiger charge is 2.39. The first-order valence-electron chi connectivity index (χ1n) is 5.25. The third-order valence-electron chi connectivity index (χ3n) is 2.72. The number of amides is 1. The summed E-state index contributed by atoms with van der Waals surface area (Å²) in [6.07, 6.45) is 1.19. The topological polar surface area (TPSA) is 124 Å². The Morgan fingerprint density at radius 2 is 2.22 bits per heavy atom. The second kappa shape index (κ2) is 4.57. The molecular formula is C10H11N3O5. The van der Waals surface area contributed by atoms with Gasteiger partial charge in [0.1, 0.15) is 11.7 Å². The molecule has 1 aliphatic heterocycles. The zero-order chi connectivity index (χ0) is 13.3. The molecule has 8 heteroatoms. The van der Waals surface area contributed by atoms with Gasteiger partial charge in [0.25, 0.3) is 11.5 Å². The minimum Gasteiger partial charge on any atom is -0.480 e. The number of H-pyrrole nitrogens is 1. The summed E-state index contributed by atoms with van der Waals surface area (Å²) < 4.78 is 0. The molecule has 0 bridgehead atoms. The Hall–Kier alpha value is -2.22. The van der Waals surface area contributed by atoms with Gasteiger partial charge in [-0.15, -0.1) is 0 Å². The number of carboxylic acid groups (broad SMARTS) is 1. The van der Waals surface area contributed by atoms with Gasteiger partial charge in [-0.3, -0.25) is 9.59 Å². The van der Waals surface area contributed by atoms with Crippen molar-refractivity contribution in [1.82, 2.24) is 14.9 Å². The van der Waals surface area contributed by atoms with Crippen molar-refractivity contribution in [3.05, 3.63) is 28.4 Å². The van der Waals surface area contributed by atoms with Gasteiger partial charge in [0, 0.05) is 19.2 Å². The average molecular weight is 253 g/mol. The van der Waals surface area contributed by atoms with E-state index >= 15 is 0 Å². The fraction of sp³-hybridized carbons (Fsp3) is 0.400. The minimum atomic E-state index is -1.18. The van der Waals surface area contributed by atoms with Crippen molar-refractivity contribution >= 4 is 11.9 Å². The van der Waals surface area contributed by atoms with Crippen molar-refractivity contribution in [2.24, 2.45) is 0 Å². The summed E-state index contributed by atoms with van der Waals surface area (Å²) in [5.41, 5.74) is -0.516. The number of β-amino-alcohol motifs (C(OH)–C–C–N with tert-alkyl or cyclic N) is 1. The SMILES string of the molecule is O=C(O)[C@@H]1C[C@H](O)CN1C(=O)c1c[nH]c(=O)cn1. The van der Waals surface area contributed by atoms with Gasteiger partial charge < -0.3 is 20.1 Å². The van der Waals surface area contributed by atoms with E-state index in [4.69, 9.17) is 5.11 Å². The number of nitrogens with one attached hydrogen (secondary N) is 1. The highest BCUT2D eigenvalue weighted by atomic mass is 16.4. The summed E-state index contributed by atoms with van der Waals surface area (Å²) in [7, 11) is 0. The first-order chi connectivity index (χ1) is 8.49. The second-order valence-electron chi connectivity index (χ2n) is 4.00. The molecule has 96 valence electrons. The monoisotopic (exact) mass is 253 g/mol. The fourth-order valence-corrected chi connectivity index (χ4v) is 1.88. The van der Waals surface area contributed by atoms with Gasteiger partial charge in [-0.25, -0.2) is 9.78 Å². The molecule has 2 rings (SSSR count). The van der Waals surface area contributed by atoms with Crippen LogP contribution in [0.3, 0.4) is 0 Å². The third-order valence-corrected chi connectivity index (χ3v) is 2.72. The van der Waals surface area contributed by atoms with E-state index in [0.717, 1.165) is 17.3 Å². The summed E-state index contributed by atoms with van der Waals surface area (Å²) >= 11 is 0. The van der Waals surface area contributed by atoms with E-state index in [2.05, 4.69) is 9.97 Å². The Kier molecular flexibility index (Phi) is 3.11. The number of aromatic nitrogens is 2. The molecule has 3 N–H and O–H groups in total. The Morgan fingerprint density at radius 1 is 1.50 bits per heavy atom. The Bertz CT molecular complexity index is 520. The number of likely N-dealkylation sites (tertiary alicyclic amines) is 1. The van der Waals surface area contributed by atoms with Crippen LogP contribution in [0.15, 0.2) is 17.2 Å². The Morgan fingerprint density at radius 3 is 2.78 bits per heavy atom. The van der Waals surface area contributed by atoms with E-state index in [1.54, 1.807) is 0 Å². The van der Waals surface area contributed by atoms with Crippen LogP contribution < -0.4 is 5.56 Å². The minimum absolute atomic E-state index is 0.00950. The predicted molar refractivity (Wildman–Crippen MR) is 57.9 cm³/mol. The van der Waals surface area contributed by atoms with Crippen molar-refractivity contribution in [2.75, 3.05) is 6.54 Å². The highest BCUT2D eigenvalue weighted by molar-refractivity contribution is 5.95. The molecule has 0 aliphatic carbocycles. The molecule has 0 saturated carbocycles. The lowest BCUT2D eigenvalue weighted by molar-refractivity contribution is -0.141. The van der Waals surface area contributed by atoms with E-state index < -0.39 is 29.6 Å². The summed E-state index contributed by atoms with van der Waals surface area (Å²) in [5.74, 6) is -1.81. The molecule has 0 spiro atoms. The molecule has 2 atom stereocenters. The number of aromatic amines is 1. The molecule has 1 fully saturated rings. The Balaban J connectivity index is 2.25. The van der Waals surface area contributed by atoms with Crippen molar-refractivity contribution < 1.29 is 19.8 Å². The van der Waals surface area contributed by atoms with Gasteiger partial charge in [-0.2, -0.15) is 0 Å². The fourth-order valence-electron chi connectivity index (χ4n) is 1.88. The van der Waals surface area contributed by atoms with Crippen LogP contribution in [0.5, 0.6) is 0 Å². The number of aliphatic carboxylic acids is 1. The molecule has 1 aromatic heterocycles. The number of aliphatic hydroxyl groups excluding tert-OH is 1. The molecule has 1 saturated heterocycles. The standard InChI is InChI=1S/C10H11N3O5/c14-5-1-7(10(17)18)13(4-5)9(16)6-2-12-8(15)3-11-6/h2-3,5,7,14H,1,4H2,(H,12,15)(H,17,18)/t5-,7-/m0/s1. The second-order valence-corrected chi connectivity index (χ2v) is 4.00. The van der Waals surface area contributed by atoms with Crippen LogP contribution >= 0.6 is 0 Å². The quantitative estimate of drug-likeness (QED) is 0.585. The molecule has 2 heterocycles. The number of carbonyl (C=O) groups excluding carboxylic acids is 1. The predicted octanol–water partition coefficient (Wildman–Crippen LogP) is -1.57. The number of aliphatic hydroxyl groups is 1. The molecule has 8 nitrogen and oxygen atoms in total. The third kappa shape index (κ3) is 2.23. The van der Waals surface area contributed by atoms with E-state index in [9.17, 15) is 19.5 Å². The van der Waals surface area contributed by atoms with Gasteiger partial charge in [0.15, 0.2) is 0 Å². The lowest BCUT2D eigenvalue weighted by atomic mass is 10.2. The molecule has 1 amide bonds. The first-order valence-corrected chi connectivity index (χ1v) is 5.25. The van der Waals surface area contributed by atoms with Crippen LogP contribution in [0.25, 0.3) is 0 Å². The largest absolute Gasteiger partial charge is 0.480 e. The molecule has 0 aromatic carbocycles. The first kappa shape index (κ1) is 12.2. The maximum Gasteiger partial charge on any atom is 0.326 e. The van der Waals surface area contributed by atoms with E-state index in [-0.39, 0.29) is 18.7 Å². The molecule has 18 heavy (non-hydrogen) atoms. The normalized spacial score (nSPS) is 23.1. The van der Waals surface area contributed by atoms with E-state index in [1.807, 2.05) is 0 Å². The van der Waals surface area contributed by atoms with Crippen molar-refractivity contribution in [2.45, 2.75) is 18.6 Å². The van der Waals surface area contributed by atoms with Crippen molar-refractivity contribution in [3.8, 4) is 0 Å². The van der Waals surface area contributed by atoms with Crippen LogP contribution in [-0.2, 0) is 4.79 Å². The molecule has 0 radical (unpaired) electrons. The number of nitrogens with zero attached hydrogens (tertiary/aromatic N) is 2. The lowest BCUT2D eigenvalue weighted by Gasteiger charge is -2.20. The van der Waals surface area contributed by atoms with Gasteiger partial charge in [-0.05, 0) is 0 Å². The summed E-state index contributed by atoms with van der Waals surface area (Å²) in [6.45, 7) is -0.0589. The number of hydrogen-bond acceptors (Lipinski definition) is 5. The zero-order valence-corrected chi connectivity index (χ0v) is 9.24.